The van der Waals surface area contributed by atoms with Crippen LogP contribution in [-0.2, 0) is 37.5 Å². The maximum Gasteiger partial charge on any atom is 0.472 e. The number of ether oxygens (including phenoxy) is 2. The molecular weight excluding hydrogens is 709 g/mol. The molecule has 1 unspecified atom stereocenters. The quantitative estimate of drug-likeness (QED) is 0.0233. The van der Waals surface area contributed by atoms with Gasteiger partial charge in [-0.1, -0.05) is 141 Å². The van der Waals surface area contributed by atoms with Crippen molar-refractivity contribution in [2.45, 2.75) is 206 Å². The zero-order valence-corrected chi connectivity index (χ0v) is 35.0. The topological polar surface area (TPSA) is 172 Å². The SMILES string of the molecule is CCCCCCCC/C=C/CCCCCCCC(=O)OC[C@H](COP(=O)(O)OC[C@@H](N)C(=O)O)OC(=O)CCCCCCC/C=C/CCCCCCCC. The third-order valence-corrected chi connectivity index (χ3v) is 10.1. The molecule has 0 rings (SSSR count). The summed E-state index contributed by atoms with van der Waals surface area (Å²) in [6, 6.07) is -1.52. The van der Waals surface area contributed by atoms with E-state index in [-0.39, 0.29) is 19.4 Å². The van der Waals surface area contributed by atoms with E-state index in [4.69, 9.17) is 24.8 Å². The molecule has 0 saturated heterocycles. The number of allylic oxidation sites excluding steroid dienone is 4. The molecule has 0 aromatic rings. The van der Waals surface area contributed by atoms with Gasteiger partial charge in [-0.3, -0.25) is 23.4 Å². The number of unbranched alkanes of at least 4 members (excludes halogenated alkanes) is 22. The fraction of sp³-hybridized carbons (Fsp3) is 0.833. The summed E-state index contributed by atoms with van der Waals surface area (Å²) in [4.78, 5) is 45.9. The van der Waals surface area contributed by atoms with Crippen molar-refractivity contribution in [3.8, 4) is 0 Å². The van der Waals surface area contributed by atoms with E-state index in [0.717, 1.165) is 77.0 Å². The highest BCUT2D eigenvalue weighted by Gasteiger charge is 2.28. The molecule has 0 saturated carbocycles. The number of hydrogen-bond donors (Lipinski definition) is 3. The van der Waals surface area contributed by atoms with Gasteiger partial charge in [-0.25, -0.2) is 4.57 Å². The predicted octanol–water partition coefficient (Wildman–Crippen LogP) is 11.1. The number of phosphoric acid groups is 1. The van der Waals surface area contributed by atoms with Crippen LogP contribution in [-0.4, -0.2) is 59.9 Å². The Morgan fingerprint density at radius 2 is 0.926 bits per heavy atom. The molecule has 0 aliphatic carbocycles. The summed E-state index contributed by atoms with van der Waals surface area (Å²) in [7, 11) is -4.71. The number of rotatable bonds is 40. The van der Waals surface area contributed by atoms with Crippen molar-refractivity contribution < 1.29 is 47.5 Å². The summed E-state index contributed by atoms with van der Waals surface area (Å²) >= 11 is 0. The predicted molar refractivity (Wildman–Crippen MR) is 217 cm³/mol. The van der Waals surface area contributed by atoms with Crippen molar-refractivity contribution in [3.05, 3.63) is 24.3 Å². The Morgan fingerprint density at radius 1 is 0.556 bits per heavy atom. The fourth-order valence-corrected chi connectivity index (χ4v) is 6.54. The van der Waals surface area contributed by atoms with Crippen LogP contribution in [0.5, 0.6) is 0 Å². The van der Waals surface area contributed by atoms with Crippen molar-refractivity contribution in [1.29, 1.82) is 0 Å². The minimum absolute atomic E-state index is 0.151. The second-order valence-electron chi connectivity index (χ2n) is 14.5. The number of nitrogens with two attached hydrogens (primary N) is 1. The van der Waals surface area contributed by atoms with Gasteiger partial charge >= 0.3 is 25.7 Å². The van der Waals surface area contributed by atoms with Gasteiger partial charge in [0.1, 0.15) is 12.6 Å². The highest BCUT2D eigenvalue weighted by Crippen LogP contribution is 2.43. The standard InChI is InChI=1S/C42H78NO10P/c1-3-5-7-9-11-13-15-17-19-21-23-25-27-29-31-33-40(44)50-35-38(36-51-54(48,49)52-37-39(43)42(46)47)53-41(45)34-32-30-28-26-24-22-20-18-16-14-12-10-8-6-4-2/h17-20,38-39H,3-16,21-37,43H2,1-2H3,(H,46,47)(H,48,49)/b19-17+,20-18+/t38-,39-/m1/s1. The number of carbonyl (C=O) groups excluding carboxylic acids is 2. The number of esters is 2. The van der Waals surface area contributed by atoms with Crippen LogP contribution >= 0.6 is 7.82 Å². The molecule has 4 N–H and O–H groups in total. The molecule has 0 aliphatic rings. The molecule has 0 amide bonds. The van der Waals surface area contributed by atoms with E-state index >= 15 is 0 Å². The van der Waals surface area contributed by atoms with Crippen LogP contribution < -0.4 is 5.73 Å². The lowest BCUT2D eigenvalue weighted by Gasteiger charge is -2.20. The Hall–Kier alpha value is -2.04. The smallest absolute Gasteiger partial charge is 0.472 e. The highest BCUT2D eigenvalue weighted by molar-refractivity contribution is 7.47. The average molecular weight is 788 g/mol. The molecule has 0 aromatic carbocycles. The number of aliphatic carboxylic acids is 1. The molecule has 0 radical (unpaired) electrons. The van der Waals surface area contributed by atoms with Crippen LogP contribution in [0, 0.1) is 0 Å². The summed E-state index contributed by atoms with van der Waals surface area (Å²) in [5, 5.41) is 8.88. The number of carbonyl (C=O) groups is 3. The van der Waals surface area contributed by atoms with Gasteiger partial charge in [-0.2, -0.15) is 0 Å². The Balaban J connectivity index is 4.40. The van der Waals surface area contributed by atoms with E-state index in [1.165, 1.54) is 77.0 Å². The lowest BCUT2D eigenvalue weighted by atomic mass is 10.1. The van der Waals surface area contributed by atoms with Crippen LogP contribution in [0.3, 0.4) is 0 Å². The Labute approximate surface area is 328 Å². The number of hydrogen-bond acceptors (Lipinski definition) is 9. The van der Waals surface area contributed by atoms with Crippen LogP contribution in [0.25, 0.3) is 0 Å². The van der Waals surface area contributed by atoms with E-state index in [9.17, 15) is 23.8 Å². The minimum atomic E-state index is -4.71. The van der Waals surface area contributed by atoms with Crippen LogP contribution in [0.15, 0.2) is 24.3 Å². The second kappa shape index (κ2) is 37.9. The molecule has 0 aromatic heterocycles. The molecular formula is C42H78NO10P. The number of phosphoric ester groups is 1. The zero-order chi connectivity index (χ0) is 40.0. The van der Waals surface area contributed by atoms with Crippen molar-refractivity contribution in [3.63, 3.8) is 0 Å². The summed E-state index contributed by atoms with van der Waals surface area (Å²) in [5.41, 5.74) is 5.33. The zero-order valence-electron chi connectivity index (χ0n) is 34.1. The first-order valence-corrected chi connectivity index (χ1v) is 22.9. The van der Waals surface area contributed by atoms with E-state index in [2.05, 4.69) is 42.7 Å². The number of carboxylic acid groups (broad SMARTS) is 1. The number of carboxylic acids is 1. The van der Waals surface area contributed by atoms with Crippen molar-refractivity contribution in [2.75, 3.05) is 19.8 Å². The van der Waals surface area contributed by atoms with E-state index in [1.807, 2.05) is 0 Å². The second-order valence-corrected chi connectivity index (χ2v) is 15.9. The van der Waals surface area contributed by atoms with Gasteiger partial charge in [0.15, 0.2) is 6.10 Å². The van der Waals surface area contributed by atoms with Gasteiger partial charge in [0.25, 0.3) is 0 Å². The lowest BCUT2D eigenvalue weighted by molar-refractivity contribution is -0.161. The van der Waals surface area contributed by atoms with Gasteiger partial charge in [-0.05, 0) is 64.2 Å². The molecule has 0 heterocycles. The summed E-state index contributed by atoms with van der Waals surface area (Å²) < 4.78 is 32.6. The van der Waals surface area contributed by atoms with Crippen LogP contribution in [0.4, 0.5) is 0 Å². The molecule has 54 heavy (non-hydrogen) atoms. The largest absolute Gasteiger partial charge is 0.480 e. The first-order valence-electron chi connectivity index (χ1n) is 21.4. The maximum atomic E-state index is 12.6. The van der Waals surface area contributed by atoms with Gasteiger partial charge in [0, 0.05) is 12.8 Å². The highest BCUT2D eigenvalue weighted by atomic mass is 31.2. The third kappa shape index (κ3) is 36.9. The summed E-state index contributed by atoms with van der Waals surface area (Å²) in [5.74, 6) is -2.39. The van der Waals surface area contributed by atoms with E-state index in [0.29, 0.717) is 12.8 Å². The summed E-state index contributed by atoms with van der Waals surface area (Å²) in [6.07, 6.45) is 38.1. The average Bonchev–Trinajstić information content (AvgIpc) is 3.14. The molecule has 0 aliphatic heterocycles. The van der Waals surface area contributed by atoms with E-state index in [1.54, 1.807) is 0 Å². The Bertz CT molecular complexity index is 1020. The molecule has 316 valence electrons. The lowest BCUT2D eigenvalue weighted by Crippen LogP contribution is -2.34. The molecule has 0 bridgehead atoms. The van der Waals surface area contributed by atoms with Gasteiger partial charge < -0.3 is 25.2 Å². The first-order chi connectivity index (χ1) is 26.1. The molecule has 0 fully saturated rings. The Morgan fingerprint density at radius 3 is 1.35 bits per heavy atom. The monoisotopic (exact) mass is 788 g/mol. The molecule has 12 heteroatoms. The van der Waals surface area contributed by atoms with Gasteiger partial charge in [0.2, 0.25) is 0 Å². The molecule has 11 nitrogen and oxygen atoms in total. The van der Waals surface area contributed by atoms with Crippen molar-refractivity contribution in [1.82, 2.24) is 0 Å². The molecule has 0 spiro atoms. The maximum absolute atomic E-state index is 12.6. The van der Waals surface area contributed by atoms with E-state index < -0.39 is 51.1 Å². The van der Waals surface area contributed by atoms with Gasteiger partial charge in [-0.15, -0.1) is 0 Å². The van der Waals surface area contributed by atoms with Crippen molar-refractivity contribution >= 4 is 25.7 Å². The summed E-state index contributed by atoms with van der Waals surface area (Å²) in [6.45, 7) is 2.78. The fourth-order valence-electron chi connectivity index (χ4n) is 5.76. The third-order valence-electron chi connectivity index (χ3n) is 9.17. The van der Waals surface area contributed by atoms with Crippen LogP contribution in [0.1, 0.15) is 194 Å². The normalized spacial score (nSPS) is 14.0. The van der Waals surface area contributed by atoms with Gasteiger partial charge in [0.05, 0.1) is 13.2 Å². The van der Waals surface area contributed by atoms with Crippen molar-refractivity contribution in [2.24, 2.45) is 5.73 Å². The Kier molecular flexibility index (Phi) is 36.4. The molecule has 3 atom stereocenters. The van der Waals surface area contributed by atoms with Crippen LogP contribution in [0.2, 0.25) is 0 Å². The first kappa shape index (κ1) is 52.0. The minimum Gasteiger partial charge on any atom is -0.480 e.